The van der Waals surface area contributed by atoms with E-state index in [1.165, 1.54) is 13.2 Å². The van der Waals surface area contributed by atoms with E-state index < -0.39 is 5.60 Å². The molecule has 0 unspecified atom stereocenters. The molecule has 9 nitrogen and oxygen atoms in total. The first kappa shape index (κ1) is 32.1. The number of aromatic hydroxyl groups is 1. The van der Waals surface area contributed by atoms with Crippen molar-refractivity contribution in [2.45, 2.75) is 38.7 Å². The van der Waals surface area contributed by atoms with Gasteiger partial charge in [0, 0.05) is 19.2 Å². The summed E-state index contributed by atoms with van der Waals surface area (Å²) in [6, 6.07) is 9.16. The van der Waals surface area contributed by atoms with E-state index in [1.807, 2.05) is 49.1 Å². The number of quaternary nitrogens is 1. The van der Waals surface area contributed by atoms with Gasteiger partial charge in [0.1, 0.15) is 34.2 Å². The van der Waals surface area contributed by atoms with Crippen LogP contribution in [0.1, 0.15) is 54.6 Å². The number of carbonyl (C=O) groups is 2. The topological polar surface area (TPSA) is 94.5 Å². The van der Waals surface area contributed by atoms with Gasteiger partial charge in [-0.2, -0.15) is 0 Å². The van der Waals surface area contributed by atoms with Crippen LogP contribution in [0.3, 0.4) is 0 Å². The Labute approximate surface area is 254 Å². The zero-order valence-electron chi connectivity index (χ0n) is 26.1. The van der Waals surface area contributed by atoms with Crippen molar-refractivity contribution in [3.63, 3.8) is 0 Å². The van der Waals surface area contributed by atoms with E-state index in [-0.39, 0.29) is 28.8 Å². The minimum atomic E-state index is -0.520. The lowest BCUT2D eigenvalue weighted by molar-refractivity contribution is -0.883. The molecule has 0 aromatic heterocycles. The molecule has 43 heavy (non-hydrogen) atoms. The molecule has 4 rings (SSSR count). The lowest BCUT2D eigenvalue weighted by Crippen LogP contribution is -2.51. The molecule has 1 fully saturated rings. The van der Waals surface area contributed by atoms with Crippen molar-refractivity contribution >= 4 is 23.8 Å². The van der Waals surface area contributed by atoms with Crippen LogP contribution in [0.15, 0.2) is 42.5 Å². The highest BCUT2D eigenvalue weighted by atomic mass is 16.5. The fraction of sp³-hybridized carbons (Fsp3) is 0.471. The number of phenols is 1. The molecule has 0 saturated carbocycles. The largest absolute Gasteiger partial charge is 0.506 e. The number of carbonyl (C=O) groups excluding carboxylic acids is 2. The van der Waals surface area contributed by atoms with Gasteiger partial charge in [0.05, 0.1) is 53.1 Å². The van der Waals surface area contributed by atoms with Gasteiger partial charge < -0.3 is 33.4 Å². The zero-order chi connectivity index (χ0) is 31.0. The van der Waals surface area contributed by atoms with E-state index >= 15 is 0 Å². The number of unbranched alkanes of at least 4 members (excludes halogenated alkanes) is 2. The minimum absolute atomic E-state index is 0.0938. The molecule has 0 spiro atoms. The van der Waals surface area contributed by atoms with Crippen LogP contribution < -0.4 is 14.2 Å². The second-order valence-corrected chi connectivity index (χ2v) is 12.2. The van der Waals surface area contributed by atoms with Gasteiger partial charge in [-0.15, -0.1) is 0 Å². The van der Waals surface area contributed by atoms with Gasteiger partial charge in [-0.1, -0.05) is 18.2 Å². The summed E-state index contributed by atoms with van der Waals surface area (Å²) in [7, 11) is 5.68. The SMILES string of the molecule is COc1cc2c(c(O)c1C(=O)/C=C/c1ccc(OCCCCC[N+](C)(C)CC(=O)N3CCOCC3)cc1)C=CC(C)(C)O2. The Hall–Kier alpha value is -3.82. The molecule has 0 radical (unpaired) electrons. The van der Waals surface area contributed by atoms with Crippen LogP contribution in [0.5, 0.6) is 23.0 Å². The first-order valence-electron chi connectivity index (χ1n) is 14.9. The molecule has 2 aliphatic heterocycles. The van der Waals surface area contributed by atoms with Crippen molar-refractivity contribution in [2.24, 2.45) is 0 Å². The third-order valence-electron chi connectivity index (χ3n) is 7.67. The van der Waals surface area contributed by atoms with E-state index in [4.69, 9.17) is 18.9 Å². The maximum atomic E-state index is 13.1. The number of ketones is 1. The molecule has 0 bridgehead atoms. The van der Waals surface area contributed by atoms with E-state index in [0.717, 1.165) is 37.1 Å². The molecular formula is C34H45N2O7+. The summed E-state index contributed by atoms with van der Waals surface area (Å²) in [5, 5.41) is 10.9. The Morgan fingerprint density at radius 2 is 1.81 bits per heavy atom. The monoisotopic (exact) mass is 593 g/mol. The zero-order valence-corrected chi connectivity index (χ0v) is 26.1. The molecule has 232 valence electrons. The van der Waals surface area contributed by atoms with Crippen LogP contribution in [0.25, 0.3) is 12.2 Å². The van der Waals surface area contributed by atoms with Crippen molar-refractivity contribution in [3.8, 4) is 23.0 Å². The Bertz CT molecular complexity index is 1340. The number of nitrogens with zero attached hydrogens (tertiary/aromatic N) is 2. The fourth-order valence-electron chi connectivity index (χ4n) is 5.18. The first-order chi connectivity index (χ1) is 20.5. The normalized spacial score (nSPS) is 16.1. The second-order valence-electron chi connectivity index (χ2n) is 12.2. The maximum absolute atomic E-state index is 13.1. The number of morpholine rings is 1. The van der Waals surface area contributed by atoms with Crippen LogP contribution in [0.2, 0.25) is 0 Å². The van der Waals surface area contributed by atoms with Gasteiger partial charge in [-0.3, -0.25) is 9.59 Å². The molecule has 2 aromatic carbocycles. The van der Waals surface area contributed by atoms with Crippen LogP contribution >= 0.6 is 0 Å². The highest BCUT2D eigenvalue weighted by Crippen LogP contribution is 2.43. The number of phenolic OH excluding ortho intramolecular Hbond substituents is 1. The number of methoxy groups -OCH3 is 1. The Balaban J connectivity index is 1.22. The van der Waals surface area contributed by atoms with Crippen molar-refractivity contribution < 1.29 is 38.1 Å². The number of benzene rings is 2. The summed E-state index contributed by atoms with van der Waals surface area (Å²) in [5.74, 6) is 1.15. The van der Waals surface area contributed by atoms with Crippen molar-refractivity contribution in [3.05, 3.63) is 59.2 Å². The molecule has 0 atom stereocenters. The predicted octanol–water partition coefficient (Wildman–Crippen LogP) is 4.97. The summed E-state index contributed by atoms with van der Waals surface area (Å²) in [6.07, 6.45) is 9.70. The van der Waals surface area contributed by atoms with Crippen LogP contribution in [-0.2, 0) is 9.53 Å². The molecular weight excluding hydrogens is 548 g/mol. The van der Waals surface area contributed by atoms with Crippen molar-refractivity contribution in [1.29, 1.82) is 0 Å². The number of allylic oxidation sites excluding steroid dienone is 1. The van der Waals surface area contributed by atoms with E-state index in [1.54, 1.807) is 18.2 Å². The van der Waals surface area contributed by atoms with Gasteiger partial charge in [0.25, 0.3) is 5.91 Å². The summed E-state index contributed by atoms with van der Waals surface area (Å²) in [4.78, 5) is 27.5. The summed E-state index contributed by atoms with van der Waals surface area (Å²) in [5.41, 5.74) is 0.860. The Morgan fingerprint density at radius 1 is 1.09 bits per heavy atom. The number of hydrogen-bond donors (Lipinski definition) is 1. The molecule has 2 aliphatic rings. The number of amides is 1. The standard InChI is InChI=1S/C34H44N2O7/c1-34(2)16-15-27-29(43-34)23-30(40-5)32(33(27)39)28(37)14-11-25-9-12-26(13-10-25)42-20-8-6-7-19-36(3,4)24-31(38)35-17-21-41-22-18-35/h9-16,23H,6-8,17-22,24H2,1-5H3/p+1/b14-11+. The average molecular weight is 594 g/mol. The number of fused-ring (bicyclic) bond motifs is 1. The number of likely N-dealkylation sites (N-methyl/N-ethyl adjacent to an activating group) is 1. The van der Waals surface area contributed by atoms with E-state index in [0.29, 0.717) is 55.3 Å². The fourth-order valence-corrected chi connectivity index (χ4v) is 5.18. The highest BCUT2D eigenvalue weighted by Gasteiger charge is 2.29. The Morgan fingerprint density at radius 3 is 2.51 bits per heavy atom. The van der Waals surface area contributed by atoms with Gasteiger partial charge in [0.15, 0.2) is 12.3 Å². The smallest absolute Gasteiger partial charge is 0.277 e. The lowest BCUT2D eigenvalue weighted by atomic mass is 9.97. The van der Waals surface area contributed by atoms with Crippen LogP contribution in [0, 0.1) is 0 Å². The lowest BCUT2D eigenvalue weighted by Gasteiger charge is -2.33. The quantitative estimate of drug-likeness (QED) is 0.152. The van der Waals surface area contributed by atoms with Crippen LogP contribution in [0.4, 0.5) is 0 Å². The molecule has 9 heteroatoms. The maximum Gasteiger partial charge on any atom is 0.277 e. The first-order valence-corrected chi connectivity index (χ1v) is 14.9. The van der Waals surface area contributed by atoms with E-state index in [9.17, 15) is 14.7 Å². The van der Waals surface area contributed by atoms with E-state index in [2.05, 4.69) is 14.1 Å². The van der Waals surface area contributed by atoms with Crippen LogP contribution in [-0.4, -0.2) is 99.0 Å². The molecule has 1 saturated heterocycles. The molecule has 1 N–H and O–H groups in total. The predicted molar refractivity (Wildman–Crippen MR) is 167 cm³/mol. The minimum Gasteiger partial charge on any atom is -0.506 e. The Kier molecular flexibility index (Phi) is 10.5. The van der Waals surface area contributed by atoms with Gasteiger partial charge in [-0.25, -0.2) is 0 Å². The van der Waals surface area contributed by atoms with Crippen molar-refractivity contribution in [1.82, 2.24) is 4.90 Å². The summed E-state index contributed by atoms with van der Waals surface area (Å²) in [6.45, 7) is 8.51. The van der Waals surface area contributed by atoms with Gasteiger partial charge >= 0.3 is 0 Å². The summed E-state index contributed by atoms with van der Waals surface area (Å²) < 4.78 is 23.3. The number of rotatable bonds is 13. The van der Waals surface area contributed by atoms with Gasteiger partial charge in [0.2, 0.25) is 0 Å². The molecule has 2 heterocycles. The average Bonchev–Trinajstić information content (AvgIpc) is 2.97. The number of hydrogen-bond acceptors (Lipinski definition) is 7. The van der Waals surface area contributed by atoms with Gasteiger partial charge in [-0.05, 0) is 69.0 Å². The molecule has 0 aliphatic carbocycles. The summed E-state index contributed by atoms with van der Waals surface area (Å²) >= 11 is 0. The second kappa shape index (κ2) is 14.1. The van der Waals surface area contributed by atoms with Crippen molar-refractivity contribution in [2.75, 3.05) is 67.2 Å². The third-order valence-corrected chi connectivity index (χ3v) is 7.67. The highest BCUT2D eigenvalue weighted by molar-refractivity contribution is 6.11. The molecule has 1 amide bonds. The molecule has 2 aromatic rings. The number of ether oxygens (including phenoxy) is 4. The third kappa shape index (κ3) is 8.84.